The maximum atomic E-state index is 4.86. The first-order chi connectivity index (χ1) is 11.3. The largest absolute Gasteiger partial charge is 0.339 e. The lowest BCUT2D eigenvalue weighted by atomic mass is 10.1. The Labute approximate surface area is 143 Å². The van der Waals surface area contributed by atoms with Gasteiger partial charge in [0, 0.05) is 62.5 Å². The highest BCUT2D eigenvalue weighted by atomic mass is 32.2. The average molecular weight is 334 g/mol. The molecule has 0 aromatic carbocycles. The van der Waals surface area contributed by atoms with E-state index < -0.39 is 0 Å². The zero-order valence-corrected chi connectivity index (χ0v) is 14.8. The van der Waals surface area contributed by atoms with E-state index in [0.717, 1.165) is 31.6 Å². The Morgan fingerprint density at radius 2 is 2.09 bits per heavy atom. The first-order valence-electron chi connectivity index (χ1n) is 8.92. The van der Waals surface area contributed by atoms with Gasteiger partial charge in [0.1, 0.15) is 0 Å². The fourth-order valence-corrected chi connectivity index (χ4v) is 4.97. The van der Waals surface area contributed by atoms with Gasteiger partial charge < -0.3 is 4.90 Å². The molecule has 4 heterocycles. The summed E-state index contributed by atoms with van der Waals surface area (Å²) in [5.41, 5.74) is 1.17. The van der Waals surface area contributed by atoms with Gasteiger partial charge in [-0.2, -0.15) is 11.8 Å². The summed E-state index contributed by atoms with van der Waals surface area (Å²) in [6, 6.07) is 3.48. The second-order valence-electron chi connectivity index (χ2n) is 7.02. The molecule has 3 fully saturated rings. The molecule has 0 amide bonds. The number of aromatic nitrogens is 2. The van der Waals surface area contributed by atoms with Gasteiger partial charge in [-0.3, -0.25) is 9.80 Å². The fraction of sp³-hybridized carbons (Fsp3) is 0.765. The molecule has 6 heteroatoms. The van der Waals surface area contributed by atoms with Crippen LogP contribution in [-0.4, -0.2) is 76.1 Å². The molecular formula is C17H27N5S. The van der Waals surface area contributed by atoms with Crippen LogP contribution >= 0.6 is 11.8 Å². The topological polar surface area (TPSA) is 35.5 Å². The van der Waals surface area contributed by atoms with Gasteiger partial charge in [-0.05, 0) is 32.4 Å². The van der Waals surface area contributed by atoms with Crippen LogP contribution in [0.3, 0.4) is 0 Å². The van der Waals surface area contributed by atoms with Crippen molar-refractivity contribution >= 4 is 17.7 Å². The van der Waals surface area contributed by atoms with Crippen molar-refractivity contribution < 1.29 is 0 Å². The van der Waals surface area contributed by atoms with Crippen molar-refractivity contribution in [1.29, 1.82) is 0 Å². The van der Waals surface area contributed by atoms with Crippen molar-refractivity contribution in [2.45, 2.75) is 38.4 Å². The first-order valence-corrected chi connectivity index (χ1v) is 10.1. The average Bonchev–Trinajstić information content (AvgIpc) is 3.03. The van der Waals surface area contributed by atoms with E-state index >= 15 is 0 Å². The summed E-state index contributed by atoms with van der Waals surface area (Å²) in [5.74, 6) is 3.30. The number of thioether (sulfide) groups is 1. The minimum atomic E-state index is 0.620. The molecule has 126 valence electrons. The van der Waals surface area contributed by atoms with E-state index in [1.165, 1.54) is 49.7 Å². The molecule has 0 N–H and O–H groups in total. The van der Waals surface area contributed by atoms with Gasteiger partial charge in [-0.1, -0.05) is 0 Å². The lowest BCUT2D eigenvalue weighted by molar-refractivity contribution is 0.0532. The molecule has 0 unspecified atom stereocenters. The van der Waals surface area contributed by atoms with Crippen molar-refractivity contribution in [3.63, 3.8) is 0 Å². The van der Waals surface area contributed by atoms with Crippen molar-refractivity contribution in [2.75, 3.05) is 49.1 Å². The second-order valence-corrected chi connectivity index (χ2v) is 8.24. The Bertz CT molecular complexity index is 533. The third-order valence-corrected chi connectivity index (χ3v) is 6.37. The molecule has 3 aliphatic rings. The lowest BCUT2D eigenvalue weighted by Gasteiger charge is -2.42. The normalized spacial score (nSPS) is 29.7. The molecule has 2 atom stereocenters. The van der Waals surface area contributed by atoms with E-state index in [0.29, 0.717) is 6.04 Å². The highest BCUT2D eigenvalue weighted by Gasteiger charge is 2.34. The summed E-state index contributed by atoms with van der Waals surface area (Å²) in [7, 11) is 0. The molecule has 4 rings (SSSR count). The molecule has 0 radical (unpaired) electrons. The summed E-state index contributed by atoms with van der Waals surface area (Å²) >= 11 is 2.03. The van der Waals surface area contributed by atoms with Crippen LogP contribution in [0.15, 0.2) is 12.3 Å². The summed E-state index contributed by atoms with van der Waals surface area (Å²) in [4.78, 5) is 17.0. The smallest absolute Gasteiger partial charge is 0.225 e. The van der Waals surface area contributed by atoms with E-state index in [-0.39, 0.29) is 0 Å². The predicted octanol–water partition coefficient (Wildman–Crippen LogP) is 1.70. The lowest BCUT2D eigenvalue weighted by Crippen LogP contribution is -2.54. The van der Waals surface area contributed by atoms with Gasteiger partial charge in [0.25, 0.3) is 0 Å². The fourth-order valence-electron chi connectivity index (χ4n) is 4.06. The Morgan fingerprint density at radius 3 is 2.96 bits per heavy atom. The second kappa shape index (κ2) is 6.95. The van der Waals surface area contributed by atoms with Gasteiger partial charge in [0.15, 0.2) is 0 Å². The summed E-state index contributed by atoms with van der Waals surface area (Å²) < 4.78 is 0. The summed E-state index contributed by atoms with van der Waals surface area (Å²) in [6.07, 6.45) is 4.68. The number of hydrogen-bond donors (Lipinski definition) is 0. The molecule has 0 aliphatic carbocycles. The summed E-state index contributed by atoms with van der Waals surface area (Å²) in [6.45, 7) is 9.18. The molecule has 0 saturated carbocycles. The van der Waals surface area contributed by atoms with Crippen LogP contribution in [0.4, 0.5) is 5.95 Å². The van der Waals surface area contributed by atoms with Crippen LogP contribution in [0, 0.1) is 0 Å². The number of fused-ring (bicyclic) bond motifs is 1. The van der Waals surface area contributed by atoms with Crippen molar-refractivity contribution in [3.05, 3.63) is 18.0 Å². The number of anilines is 1. The number of piperazine rings is 1. The van der Waals surface area contributed by atoms with Crippen LogP contribution in [0.5, 0.6) is 0 Å². The van der Waals surface area contributed by atoms with Crippen LogP contribution < -0.4 is 4.90 Å². The van der Waals surface area contributed by atoms with Crippen LogP contribution in [-0.2, 0) is 6.54 Å². The van der Waals surface area contributed by atoms with E-state index in [1.807, 2.05) is 18.0 Å². The standard InChI is InChI=1S/C17H27N5S/c1-14-11-21-6-2-3-16(21)13-22(14)12-15-4-5-18-17(19-15)20-7-9-23-10-8-20/h4-5,14,16H,2-3,6-13H2,1H3/t14-,16-/m0/s1. The molecule has 3 aliphatic heterocycles. The Kier molecular flexibility index (Phi) is 4.73. The minimum Gasteiger partial charge on any atom is -0.339 e. The maximum absolute atomic E-state index is 4.86. The number of hydrogen-bond acceptors (Lipinski definition) is 6. The first kappa shape index (κ1) is 15.7. The number of rotatable bonds is 3. The van der Waals surface area contributed by atoms with Crippen LogP contribution in [0.25, 0.3) is 0 Å². The van der Waals surface area contributed by atoms with Crippen LogP contribution in [0.1, 0.15) is 25.5 Å². The molecule has 0 spiro atoms. The Morgan fingerprint density at radius 1 is 1.22 bits per heavy atom. The monoisotopic (exact) mass is 333 g/mol. The van der Waals surface area contributed by atoms with Gasteiger partial charge in [0.05, 0.1) is 5.69 Å². The molecule has 0 bridgehead atoms. The molecule has 3 saturated heterocycles. The van der Waals surface area contributed by atoms with E-state index in [9.17, 15) is 0 Å². The van der Waals surface area contributed by atoms with E-state index in [2.05, 4.69) is 32.7 Å². The SMILES string of the molecule is C[C@H]1CN2CCC[C@H]2CN1Cc1ccnc(N2CCSCC2)n1. The number of nitrogens with zero attached hydrogens (tertiary/aromatic N) is 5. The van der Waals surface area contributed by atoms with Gasteiger partial charge in [-0.15, -0.1) is 0 Å². The quantitative estimate of drug-likeness (QED) is 0.838. The molecule has 1 aromatic heterocycles. The van der Waals surface area contributed by atoms with Crippen molar-refractivity contribution in [2.24, 2.45) is 0 Å². The maximum Gasteiger partial charge on any atom is 0.225 e. The predicted molar refractivity (Wildman–Crippen MR) is 96.0 cm³/mol. The zero-order chi connectivity index (χ0) is 15.6. The highest BCUT2D eigenvalue weighted by Crippen LogP contribution is 2.25. The summed E-state index contributed by atoms with van der Waals surface area (Å²) in [5, 5.41) is 0. The van der Waals surface area contributed by atoms with Gasteiger partial charge in [0.2, 0.25) is 5.95 Å². The molecule has 23 heavy (non-hydrogen) atoms. The third kappa shape index (κ3) is 3.49. The highest BCUT2D eigenvalue weighted by molar-refractivity contribution is 7.99. The molecule has 1 aromatic rings. The van der Waals surface area contributed by atoms with Gasteiger partial charge >= 0.3 is 0 Å². The minimum absolute atomic E-state index is 0.620. The van der Waals surface area contributed by atoms with Gasteiger partial charge in [-0.25, -0.2) is 9.97 Å². The van der Waals surface area contributed by atoms with E-state index in [4.69, 9.17) is 4.98 Å². The van der Waals surface area contributed by atoms with Crippen LogP contribution in [0.2, 0.25) is 0 Å². The molecular weight excluding hydrogens is 306 g/mol. The van der Waals surface area contributed by atoms with Crippen molar-refractivity contribution in [1.82, 2.24) is 19.8 Å². The molecule has 5 nitrogen and oxygen atoms in total. The van der Waals surface area contributed by atoms with E-state index in [1.54, 1.807) is 0 Å². The third-order valence-electron chi connectivity index (χ3n) is 5.43. The Hall–Kier alpha value is -0.850. The zero-order valence-electron chi connectivity index (χ0n) is 14.0. The Balaban J connectivity index is 1.43. The van der Waals surface area contributed by atoms with Crippen molar-refractivity contribution in [3.8, 4) is 0 Å².